The summed E-state index contributed by atoms with van der Waals surface area (Å²) >= 11 is 0. The topological polar surface area (TPSA) is 55.1 Å². The average molecular weight is 288 g/mol. The molecule has 2 aromatic carbocycles. The predicted octanol–water partition coefficient (Wildman–Crippen LogP) is 3.67. The number of aromatic nitrogens is 1. The number of nitrogens with one attached hydrogen (secondary N) is 1. The number of oxazole rings is 1. The molecule has 0 fully saturated rings. The van der Waals surface area contributed by atoms with Crippen molar-refractivity contribution in [1.82, 2.24) is 4.98 Å². The van der Waals surface area contributed by atoms with E-state index >= 15 is 0 Å². The lowest BCUT2D eigenvalue weighted by Gasteiger charge is -2.05. The molecule has 0 radical (unpaired) electrons. The van der Waals surface area contributed by atoms with Gasteiger partial charge in [0, 0.05) is 24.2 Å². The number of nitrogens with zero attached hydrogens (tertiary/aromatic N) is 1. The van der Waals surface area contributed by atoms with Crippen molar-refractivity contribution in [3.8, 4) is 0 Å². The average Bonchev–Trinajstić information content (AvgIpc) is 2.82. The van der Waals surface area contributed by atoms with Gasteiger partial charge in [-0.1, -0.05) is 0 Å². The van der Waals surface area contributed by atoms with Crippen molar-refractivity contribution in [2.45, 2.75) is 6.92 Å². The van der Waals surface area contributed by atoms with Crippen LogP contribution in [0.15, 0.2) is 40.8 Å². The van der Waals surface area contributed by atoms with E-state index in [-0.39, 0.29) is 5.69 Å². The first kappa shape index (κ1) is 13.2. The number of hydrogen-bond acceptors (Lipinski definition) is 3. The zero-order valence-electron chi connectivity index (χ0n) is 11.0. The van der Waals surface area contributed by atoms with Crippen LogP contribution in [0.1, 0.15) is 16.2 Å². The summed E-state index contributed by atoms with van der Waals surface area (Å²) in [5.74, 6) is -1.92. The molecule has 0 aliphatic carbocycles. The van der Waals surface area contributed by atoms with E-state index in [0.29, 0.717) is 22.6 Å². The SMILES string of the molecule is Cc1nc2cc(C(=O)Nc3ccc(F)c(F)c3)ccc2o1. The molecule has 6 heteroatoms. The second kappa shape index (κ2) is 4.97. The standard InChI is InChI=1S/C15H10F2N2O2/c1-8-18-13-6-9(2-5-14(13)21-8)15(20)19-10-3-4-11(16)12(17)7-10/h2-7H,1H3,(H,19,20). The molecule has 0 spiro atoms. The van der Waals surface area contributed by atoms with Gasteiger partial charge < -0.3 is 9.73 Å². The fraction of sp³-hybridized carbons (Fsp3) is 0.0667. The predicted molar refractivity (Wildman–Crippen MR) is 73.1 cm³/mol. The second-order valence-corrected chi connectivity index (χ2v) is 4.50. The number of carbonyl (C=O) groups is 1. The number of benzene rings is 2. The van der Waals surface area contributed by atoms with Crippen molar-refractivity contribution in [1.29, 1.82) is 0 Å². The highest BCUT2D eigenvalue weighted by Gasteiger charge is 2.11. The van der Waals surface area contributed by atoms with Gasteiger partial charge >= 0.3 is 0 Å². The number of rotatable bonds is 2. The molecule has 0 aliphatic rings. The van der Waals surface area contributed by atoms with E-state index < -0.39 is 17.5 Å². The Balaban J connectivity index is 1.87. The van der Waals surface area contributed by atoms with Gasteiger partial charge in [0.2, 0.25) is 0 Å². The van der Waals surface area contributed by atoms with Crippen LogP contribution in [-0.4, -0.2) is 10.9 Å². The van der Waals surface area contributed by atoms with Gasteiger partial charge in [0.05, 0.1) is 0 Å². The van der Waals surface area contributed by atoms with Crippen LogP contribution in [0.2, 0.25) is 0 Å². The molecule has 3 rings (SSSR count). The van der Waals surface area contributed by atoms with Crippen LogP contribution in [0.5, 0.6) is 0 Å². The Morgan fingerprint density at radius 1 is 1.14 bits per heavy atom. The third kappa shape index (κ3) is 2.60. The van der Waals surface area contributed by atoms with Crippen molar-refractivity contribution < 1.29 is 18.0 Å². The number of aryl methyl sites for hydroxylation is 1. The van der Waals surface area contributed by atoms with Crippen molar-refractivity contribution in [2.24, 2.45) is 0 Å². The third-order valence-electron chi connectivity index (χ3n) is 2.93. The summed E-state index contributed by atoms with van der Waals surface area (Å²) in [6.07, 6.45) is 0. The summed E-state index contributed by atoms with van der Waals surface area (Å²) in [7, 11) is 0. The third-order valence-corrected chi connectivity index (χ3v) is 2.93. The highest BCUT2D eigenvalue weighted by molar-refractivity contribution is 6.05. The number of amides is 1. The Morgan fingerprint density at radius 2 is 1.95 bits per heavy atom. The van der Waals surface area contributed by atoms with Crippen LogP contribution in [-0.2, 0) is 0 Å². The maximum atomic E-state index is 13.1. The molecule has 0 unspecified atom stereocenters. The van der Waals surface area contributed by atoms with Crippen molar-refractivity contribution in [2.75, 3.05) is 5.32 Å². The van der Waals surface area contributed by atoms with Crippen LogP contribution >= 0.6 is 0 Å². The summed E-state index contributed by atoms with van der Waals surface area (Å²) in [5, 5.41) is 2.49. The highest BCUT2D eigenvalue weighted by Crippen LogP contribution is 2.18. The minimum Gasteiger partial charge on any atom is -0.441 e. The number of fused-ring (bicyclic) bond motifs is 1. The van der Waals surface area contributed by atoms with Gasteiger partial charge in [0.15, 0.2) is 23.1 Å². The molecule has 1 heterocycles. The largest absolute Gasteiger partial charge is 0.441 e. The van der Waals surface area contributed by atoms with E-state index in [1.54, 1.807) is 25.1 Å². The van der Waals surface area contributed by atoms with E-state index in [2.05, 4.69) is 10.3 Å². The lowest BCUT2D eigenvalue weighted by Crippen LogP contribution is -2.12. The zero-order chi connectivity index (χ0) is 15.0. The molecule has 4 nitrogen and oxygen atoms in total. The van der Waals surface area contributed by atoms with E-state index in [1.807, 2.05) is 0 Å². The molecular weight excluding hydrogens is 278 g/mol. The molecule has 0 aliphatic heterocycles. The molecule has 1 amide bonds. The van der Waals surface area contributed by atoms with Crippen LogP contribution in [0, 0.1) is 18.6 Å². The maximum absolute atomic E-state index is 13.1. The summed E-state index contributed by atoms with van der Waals surface area (Å²) in [6.45, 7) is 1.71. The van der Waals surface area contributed by atoms with Gasteiger partial charge in [-0.2, -0.15) is 0 Å². The Hall–Kier alpha value is -2.76. The van der Waals surface area contributed by atoms with Crippen LogP contribution in [0.3, 0.4) is 0 Å². The Kier molecular flexibility index (Phi) is 3.13. The molecule has 1 N–H and O–H groups in total. The van der Waals surface area contributed by atoms with Crippen molar-refractivity contribution in [3.05, 3.63) is 59.5 Å². The van der Waals surface area contributed by atoms with Gasteiger partial charge in [-0.05, 0) is 30.3 Å². The quantitative estimate of drug-likeness (QED) is 0.782. The second-order valence-electron chi connectivity index (χ2n) is 4.50. The van der Waals surface area contributed by atoms with E-state index in [1.165, 1.54) is 6.07 Å². The maximum Gasteiger partial charge on any atom is 0.255 e. The monoisotopic (exact) mass is 288 g/mol. The highest BCUT2D eigenvalue weighted by atomic mass is 19.2. The van der Waals surface area contributed by atoms with Crippen molar-refractivity contribution >= 4 is 22.7 Å². The first-order valence-corrected chi connectivity index (χ1v) is 6.16. The van der Waals surface area contributed by atoms with Gasteiger partial charge in [0.1, 0.15) is 5.52 Å². The molecule has 1 aromatic heterocycles. The van der Waals surface area contributed by atoms with E-state index in [4.69, 9.17) is 4.42 Å². The molecule has 0 saturated heterocycles. The van der Waals surface area contributed by atoms with Gasteiger partial charge in [0.25, 0.3) is 5.91 Å². The van der Waals surface area contributed by atoms with E-state index in [0.717, 1.165) is 12.1 Å². The summed E-state index contributed by atoms with van der Waals surface area (Å²) in [5.41, 5.74) is 1.66. The number of hydrogen-bond donors (Lipinski definition) is 1. The molecule has 0 bridgehead atoms. The van der Waals surface area contributed by atoms with Crippen LogP contribution in [0.25, 0.3) is 11.1 Å². The van der Waals surface area contributed by atoms with Crippen LogP contribution < -0.4 is 5.32 Å². The number of carbonyl (C=O) groups excluding carboxylic acids is 1. The fourth-order valence-corrected chi connectivity index (χ4v) is 1.96. The van der Waals surface area contributed by atoms with Gasteiger partial charge in [-0.3, -0.25) is 4.79 Å². The molecule has 0 atom stereocenters. The Labute approximate surface area is 118 Å². The lowest BCUT2D eigenvalue weighted by atomic mass is 10.2. The summed E-state index contributed by atoms with van der Waals surface area (Å²) in [4.78, 5) is 16.2. The molecule has 21 heavy (non-hydrogen) atoms. The van der Waals surface area contributed by atoms with Gasteiger partial charge in [-0.15, -0.1) is 0 Å². The first-order chi connectivity index (χ1) is 10.0. The van der Waals surface area contributed by atoms with Gasteiger partial charge in [-0.25, -0.2) is 13.8 Å². The summed E-state index contributed by atoms with van der Waals surface area (Å²) in [6, 6.07) is 7.94. The molecule has 106 valence electrons. The Bertz CT molecular complexity index is 843. The molecule has 3 aromatic rings. The fourth-order valence-electron chi connectivity index (χ4n) is 1.96. The molecule has 0 saturated carbocycles. The van der Waals surface area contributed by atoms with Crippen LogP contribution in [0.4, 0.5) is 14.5 Å². The normalized spacial score (nSPS) is 10.8. The summed E-state index contributed by atoms with van der Waals surface area (Å²) < 4.78 is 31.2. The Morgan fingerprint density at radius 3 is 2.71 bits per heavy atom. The lowest BCUT2D eigenvalue weighted by molar-refractivity contribution is 0.102. The molecular formula is C15H10F2N2O2. The smallest absolute Gasteiger partial charge is 0.255 e. The zero-order valence-corrected chi connectivity index (χ0v) is 11.0. The van der Waals surface area contributed by atoms with E-state index in [9.17, 15) is 13.6 Å². The number of anilines is 1. The minimum atomic E-state index is -1.02. The first-order valence-electron chi connectivity index (χ1n) is 6.16. The van der Waals surface area contributed by atoms with Crippen molar-refractivity contribution in [3.63, 3.8) is 0 Å². The number of halogens is 2. The minimum absolute atomic E-state index is 0.176.